The molecular weight excluding hydrogens is 245 g/mol. The molecule has 2 nitrogen and oxygen atoms in total. The zero-order chi connectivity index (χ0) is 11.3. The maximum atomic E-state index is 5.95. The standard InChI is InChI=1S/C12H18ClNO.ClH/c1-4-15-12-6-5-11(13)7-10(12)8-14-9(2)3;/h5-7,9,14H,4,8H2,1-3H3;1H/p-1. The summed E-state index contributed by atoms with van der Waals surface area (Å²) in [6, 6.07) is 6.18. The van der Waals surface area contributed by atoms with Crippen molar-refractivity contribution in [2.45, 2.75) is 33.4 Å². The van der Waals surface area contributed by atoms with Gasteiger partial charge in [0, 0.05) is 23.2 Å². The number of halogens is 2. The monoisotopic (exact) mass is 262 g/mol. The van der Waals surface area contributed by atoms with Crippen molar-refractivity contribution in [3.8, 4) is 5.75 Å². The largest absolute Gasteiger partial charge is 1.00 e. The van der Waals surface area contributed by atoms with Crippen molar-refractivity contribution >= 4 is 11.6 Å². The van der Waals surface area contributed by atoms with E-state index in [0.29, 0.717) is 12.6 Å². The van der Waals surface area contributed by atoms with E-state index in [2.05, 4.69) is 19.2 Å². The number of rotatable bonds is 5. The molecule has 1 N–H and O–H groups in total. The summed E-state index contributed by atoms with van der Waals surface area (Å²) < 4.78 is 5.53. The Morgan fingerprint density at radius 3 is 2.62 bits per heavy atom. The van der Waals surface area contributed by atoms with Gasteiger partial charge < -0.3 is 22.5 Å². The Morgan fingerprint density at radius 2 is 2.06 bits per heavy atom. The van der Waals surface area contributed by atoms with Gasteiger partial charge in [-0.15, -0.1) is 0 Å². The van der Waals surface area contributed by atoms with Crippen molar-refractivity contribution in [1.82, 2.24) is 5.32 Å². The van der Waals surface area contributed by atoms with E-state index in [-0.39, 0.29) is 12.4 Å². The van der Waals surface area contributed by atoms with E-state index in [1.807, 2.05) is 25.1 Å². The van der Waals surface area contributed by atoms with Crippen molar-refractivity contribution in [3.05, 3.63) is 28.8 Å². The van der Waals surface area contributed by atoms with Gasteiger partial charge in [-0.25, -0.2) is 0 Å². The molecule has 1 aromatic carbocycles. The predicted molar refractivity (Wildman–Crippen MR) is 64.6 cm³/mol. The highest BCUT2D eigenvalue weighted by Gasteiger charge is 2.04. The lowest BCUT2D eigenvalue weighted by Crippen LogP contribution is -3.00. The smallest absolute Gasteiger partial charge is 0.123 e. The highest BCUT2D eigenvalue weighted by molar-refractivity contribution is 6.30. The van der Waals surface area contributed by atoms with Crippen LogP contribution in [0.1, 0.15) is 26.3 Å². The second-order valence-corrected chi connectivity index (χ2v) is 4.16. The summed E-state index contributed by atoms with van der Waals surface area (Å²) in [4.78, 5) is 0. The van der Waals surface area contributed by atoms with Crippen molar-refractivity contribution < 1.29 is 17.1 Å². The molecule has 0 saturated carbocycles. The molecule has 0 atom stereocenters. The molecule has 16 heavy (non-hydrogen) atoms. The summed E-state index contributed by atoms with van der Waals surface area (Å²) in [5, 5.41) is 4.10. The average Bonchev–Trinajstić information content (AvgIpc) is 2.18. The Hall–Kier alpha value is -0.440. The van der Waals surface area contributed by atoms with Crippen LogP contribution in [0.3, 0.4) is 0 Å². The molecule has 0 bridgehead atoms. The molecule has 0 fully saturated rings. The third kappa shape index (κ3) is 5.06. The van der Waals surface area contributed by atoms with Crippen LogP contribution < -0.4 is 22.5 Å². The molecule has 4 heteroatoms. The SMILES string of the molecule is CCOc1ccc(Cl)cc1CNC(C)C.[Cl-]. The normalized spacial score (nSPS) is 10.1. The minimum absolute atomic E-state index is 0. The van der Waals surface area contributed by atoms with Crippen LogP contribution in [0.2, 0.25) is 5.02 Å². The molecule has 0 spiro atoms. The maximum Gasteiger partial charge on any atom is 0.123 e. The van der Waals surface area contributed by atoms with Crippen molar-refractivity contribution in [2.24, 2.45) is 0 Å². The van der Waals surface area contributed by atoms with Crippen LogP contribution in [0.15, 0.2) is 18.2 Å². The van der Waals surface area contributed by atoms with Crippen LogP contribution >= 0.6 is 11.6 Å². The highest BCUT2D eigenvalue weighted by Crippen LogP contribution is 2.22. The van der Waals surface area contributed by atoms with Gasteiger partial charge in [-0.2, -0.15) is 0 Å². The van der Waals surface area contributed by atoms with E-state index in [1.54, 1.807) is 0 Å². The number of ether oxygens (including phenoxy) is 1. The molecule has 0 aromatic heterocycles. The zero-order valence-corrected chi connectivity index (χ0v) is 11.4. The van der Waals surface area contributed by atoms with Gasteiger partial charge in [0.2, 0.25) is 0 Å². The van der Waals surface area contributed by atoms with Crippen LogP contribution in [0.4, 0.5) is 0 Å². The van der Waals surface area contributed by atoms with Crippen LogP contribution in [0.25, 0.3) is 0 Å². The van der Waals surface area contributed by atoms with Crippen molar-refractivity contribution in [1.29, 1.82) is 0 Å². The van der Waals surface area contributed by atoms with Crippen LogP contribution in [0.5, 0.6) is 5.75 Å². The van der Waals surface area contributed by atoms with E-state index in [9.17, 15) is 0 Å². The molecule has 0 heterocycles. The lowest BCUT2D eigenvalue weighted by Gasteiger charge is -2.13. The number of nitrogens with one attached hydrogen (secondary N) is 1. The Morgan fingerprint density at radius 1 is 1.38 bits per heavy atom. The summed E-state index contributed by atoms with van der Waals surface area (Å²) in [7, 11) is 0. The minimum Gasteiger partial charge on any atom is -1.00 e. The quantitative estimate of drug-likeness (QED) is 0.821. The highest BCUT2D eigenvalue weighted by atomic mass is 35.5. The summed E-state index contributed by atoms with van der Waals surface area (Å²) in [5.74, 6) is 0.912. The molecular formula is C12H18Cl2NO-. The Labute approximate surface area is 109 Å². The molecule has 0 unspecified atom stereocenters. The van der Waals surface area contributed by atoms with Gasteiger partial charge >= 0.3 is 0 Å². The minimum atomic E-state index is 0. The predicted octanol–water partition coefficient (Wildman–Crippen LogP) is 0.241. The van der Waals surface area contributed by atoms with Crippen LogP contribution in [-0.2, 0) is 6.54 Å². The fourth-order valence-corrected chi connectivity index (χ4v) is 1.49. The number of hydrogen-bond acceptors (Lipinski definition) is 2. The average molecular weight is 263 g/mol. The van der Waals surface area contributed by atoms with Gasteiger partial charge in [0.15, 0.2) is 0 Å². The van der Waals surface area contributed by atoms with E-state index in [1.165, 1.54) is 0 Å². The molecule has 0 aliphatic rings. The topological polar surface area (TPSA) is 21.3 Å². The van der Waals surface area contributed by atoms with Crippen molar-refractivity contribution in [2.75, 3.05) is 6.61 Å². The molecule has 0 aliphatic heterocycles. The van der Waals surface area contributed by atoms with E-state index < -0.39 is 0 Å². The lowest BCUT2D eigenvalue weighted by atomic mass is 10.2. The number of hydrogen-bond donors (Lipinski definition) is 1. The van der Waals surface area contributed by atoms with Gasteiger partial charge in [-0.05, 0) is 25.1 Å². The number of benzene rings is 1. The van der Waals surface area contributed by atoms with Crippen LogP contribution in [0, 0.1) is 0 Å². The molecule has 92 valence electrons. The van der Waals surface area contributed by atoms with Crippen molar-refractivity contribution in [3.63, 3.8) is 0 Å². The fourth-order valence-electron chi connectivity index (χ4n) is 1.30. The Bertz CT molecular complexity index is 316. The molecule has 0 saturated heterocycles. The molecule has 1 rings (SSSR count). The molecule has 1 aromatic rings. The Balaban J connectivity index is 0.00000225. The first-order valence-corrected chi connectivity index (χ1v) is 5.66. The summed E-state index contributed by atoms with van der Waals surface area (Å²) in [5.41, 5.74) is 1.11. The molecule has 0 aliphatic carbocycles. The van der Waals surface area contributed by atoms with E-state index in [0.717, 1.165) is 22.9 Å². The zero-order valence-electron chi connectivity index (χ0n) is 9.89. The summed E-state index contributed by atoms with van der Waals surface area (Å²) in [6.07, 6.45) is 0. The molecule has 0 radical (unpaired) electrons. The second-order valence-electron chi connectivity index (χ2n) is 3.72. The van der Waals surface area contributed by atoms with Crippen LogP contribution in [-0.4, -0.2) is 12.6 Å². The van der Waals surface area contributed by atoms with Gasteiger partial charge in [-0.3, -0.25) is 0 Å². The maximum absolute atomic E-state index is 5.95. The summed E-state index contributed by atoms with van der Waals surface area (Å²) in [6.45, 7) is 7.67. The second kappa shape index (κ2) is 7.77. The molecule has 0 amide bonds. The summed E-state index contributed by atoms with van der Waals surface area (Å²) >= 11 is 5.95. The Kier molecular flexibility index (Phi) is 7.56. The third-order valence-corrected chi connectivity index (χ3v) is 2.26. The first kappa shape index (κ1) is 15.6. The first-order valence-electron chi connectivity index (χ1n) is 5.28. The van der Waals surface area contributed by atoms with Gasteiger partial charge in [0.05, 0.1) is 6.61 Å². The van der Waals surface area contributed by atoms with Gasteiger partial charge in [-0.1, -0.05) is 25.4 Å². The first-order chi connectivity index (χ1) is 7.13. The third-order valence-electron chi connectivity index (χ3n) is 2.02. The van der Waals surface area contributed by atoms with Gasteiger partial charge in [0.25, 0.3) is 0 Å². The van der Waals surface area contributed by atoms with Gasteiger partial charge in [0.1, 0.15) is 5.75 Å². The van der Waals surface area contributed by atoms with E-state index >= 15 is 0 Å². The lowest BCUT2D eigenvalue weighted by molar-refractivity contribution is -0.00000385. The fraction of sp³-hybridized carbons (Fsp3) is 0.500. The van der Waals surface area contributed by atoms with E-state index in [4.69, 9.17) is 16.3 Å².